The largest absolute Gasteiger partial charge is 0.355 e. The van der Waals surface area contributed by atoms with Gasteiger partial charge in [-0.2, -0.15) is 0 Å². The molecule has 1 aromatic heterocycles. The van der Waals surface area contributed by atoms with Crippen molar-refractivity contribution in [2.45, 2.75) is 13.5 Å². The van der Waals surface area contributed by atoms with Crippen LogP contribution in [0.5, 0.6) is 0 Å². The van der Waals surface area contributed by atoms with E-state index in [9.17, 15) is 14.4 Å². The van der Waals surface area contributed by atoms with Crippen LogP contribution in [0.15, 0.2) is 59.5 Å². The summed E-state index contributed by atoms with van der Waals surface area (Å²) < 4.78 is 1.21. The van der Waals surface area contributed by atoms with Crippen molar-refractivity contribution in [3.63, 3.8) is 0 Å². The van der Waals surface area contributed by atoms with E-state index in [1.165, 1.54) is 22.7 Å². The van der Waals surface area contributed by atoms with Crippen molar-refractivity contribution in [2.75, 3.05) is 19.0 Å². The number of anilines is 1. The Morgan fingerprint density at radius 2 is 1.87 bits per heavy atom. The molecule has 0 saturated heterocycles. The van der Waals surface area contributed by atoms with Crippen LogP contribution >= 0.6 is 11.6 Å². The fourth-order valence-electron chi connectivity index (χ4n) is 2.98. The van der Waals surface area contributed by atoms with Gasteiger partial charge in [0.1, 0.15) is 17.9 Å². The number of benzene rings is 2. The number of hydrogen-bond donors (Lipinski definition) is 1. The first kappa shape index (κ1) is 21.3. The molecule has 7 nitrogen and oxygen atoms in total. The zero-order valence-electron chi connectivity index (χ0n) is 16.8. The van der Waals surface area contributed by atoms with E-state index in [2.05, 4.69) is 10.3 Å². The van der Waals surface area contributed by atoms with Gasteiger partial charge in [-0.05, 0) is 48.9 Å². The van der Waals surface area contributed by atoms with Crippen molar-refractivity contribution in [3.8, 4) is 11.4 Å². The average molecular weight is 425 g/mol. The maximum Gasteiger partial charge on any atom is 0.267 e. The third-order valence-electron chi connectivity index (χ3n) is 4.68. The van der Waals surface area contributed by atoms with E-state index in [1.807, 2.05) is 31.2 Å². The Labute approximate surface area is 178 Å². The normalized spacial score (nSPS) is 10.5. The molecule has 0 unspecified atom stereocenters. The highest BCUT2D eigenvalue weighted by Crippen LogP contribution is 2.20. The Balaban J connectivity index is 2.06. The summed E-state index contributed by atoms with van der Waals surface area (Å²) in [4.78, 5) is 43.9. The number of aryl methyl sites for hydroxylation is 1. The van der Waals surface area contributed by atoms with Crippen molar-refractivity contribution in [1.82, 2.24) is 14.9 Å². The Morgan fingerprint density at radius 3 is 2.50 bits per heavy atom. The van der Waals surface area contributed by atoms with Crippen LogP contribution in [0, 0.1) is 6.92 Å². The van der Waals surface area contributed by atoms with E-state index in [4.69, 9.17) is 11.6 Å². The summed E-state index contributed by atoms with van der Waals surface area (Å²) in [6.45, 7) is 1.65. The second-order valence-corrected chi connectivity index (χ2v) is 7.20. The first-order valence-corrected chi connectivity index (χ1v) is 9.60. The molecule has 2 aromatic carbocycles. The van der Waals surface area contributed by atoms with E-state index in [0.29, 0.717) is 16.3 Å². The fourth-order valence-corrected chi connectivity index (χ4v) is 3.11. The highest BCUT2D eigenvalue weighted by molar-refractivity contribution is 6.30. The number of carbonyl (C=O) groups excluding carboxylic acids is 2. The topological polar surface area (TPSA) is 84.3 Å². The Morgan fingerprint density at radius 1 is 1.17 bits per heavy atom. The summed E-state index contributed by atoms with van der Waals surface area (Å²) in [5.74, 6) is -0.618. The summed E-state index contributed by atoms with van der Waals surface area (Å²) in [6.07, 6.45) is 1.22. The monoisotopic (exact) mass is 424 g/mol. The predicted octanol–water partition coefficient (Wildman–Crippen LogP) is 2.89. The molecule has 0 aliphatic carbocycles. The standard InChI is InChI=1S/C22H21ClN4O3/c1-14-5-4-6-17(11-14)26(3)19(28)13-27-20(15-7-9-16(23)10-8-15)25-12-18(22(27)30)21(29)24-2/h4-12H,13H2,1-3H3,(H,24,29). The molecule has 0 saturated carbocycles. The van der Waals surface area contributed by atoms with Gasteiger partial charge in [-0.15, -0.1) is 0 Å². The van der Waals surface area contributed by atoms with Gasteiger partial charge in [0.2, 0.25) is 5.91 Å². The molecule has 154 valence electrons. The van der Waals surface area contributed by atoms with Crippen molar-refractivity contribution in [2.24, 2.45) is 0 Å². The molecule has 3 aromatic rings. The lowest BCUT2D eigenvalue weighted by Crippen LogP contribution is -2.38. The molecule has 0 atom stereocenters. The van der Waals surface area contributed by atoms with Gasteiger partial charge >= 0.3 is 0 Å². The lowest BCUT2D eigenvalue weighted by Gasteiger charge is -2.20. The Kier molecular flexibility index (Phi) is 6.32. The van der Waals surface area contributed by atoms with Gasteiger partial charge < -0.3 is 10.2 Å². The van der Waals surface area contributed by atoms with E-state index in [1.54, 1.807) is 31.3 Å². The molecular weight excluding hydrogens is 404 g/mol. The average Bonchev–Trinajstić information content (AvgIpc) is 2.74. The summed E-state index contributed by atoms with van der Waals surface area (Å²) in [5, 5.41) is 2.95. The van der Waals surface area contributed by atoms with E-state index in [-0.39, 0.29) is 23.8 Å². The molecule has 1 N–H and O–H groups in total. The molecule has 30 heavy (non-hydrogen) atoms. The molecule has 2 amide bonds. The molecule has 0 aliphatic rings. The summed E-state index contributed by atoms with van der Waals surface area (Å²) in [5.41, 5.74) is 1.58. The number of nitrogens with zero attached hydrogens (tertiary/aromatic N) is 3. The molecular formula is C22H21ClN4O3. The Hall–Kier alpha value is -3.45. The SMILES string of the molecule is CNC(=O)c1cnc(-c2ccc(Cl)cc2)n(CC(=O)N(C)c2cccc(C)c2)c1=O. The van der Waals surface area contributed by atoms with Crippen LogP contribution in [0.4, 0.5) is 5.69 Å². The number of hydrogen-bond acceptors (Lipinski definition) is 4. The van der Waals surface area contributed by atoms with Gasteiger partial charge in [-0.25, -0.2) is 4.98 Å². The van der Waals surface area contributed by atoms with Crippen molar-refractivity contribution in [1.29, 1.82) is 0 Å². The summed E-state index contributed by atoms with van der Waals surface area (Å²) in [7, 11) is 3.07. The highest BCUT2D eigenvalue weighted by Gasteiger charge is 2.20. The third-order valence-corrected chi connectivity index (χ3v) is 4.93. The van der Waals surface area contributed by atoms with Crippen molar-refractivity contribution < 1.29 is 9.59 Å². The molecule has 0 bridgehead atoms. The van der Waals surface area contributed by atoms with Gasteiger partial charge in [0.15, 0.2) is 0 Å². The van der Waals surface area contributed by atoms with Gasteiger partial charge in [0.05, 0.1) is 0 Å². The minimum atomic E-state index is -0.597. The molecule has 1 heterocycles. The van der Waals surface area contributed by atoms with E-state index in [0.717, 1.165) is 5.56 Å². The predicted molar refractivity (Wildman–Crippen MR) is 117 cm³/mol. The van der Waals surface area contributed by atoms with Crippen LogP contribution in [-0.2, 0) is 11.3 Å². The quantitative estimate of drug-likeness (QED) is 0.682. The van der Waals surface area contributed by atoms with E-state index >= 15 is 0 Å². The molecule has 0 fully saturated rings. The Bertz CT molecular complexity index is 1160. The van der Waals surface area contributed by atoms with Gasteiger partial charge in [-0.3, -0.25) is 19.0 Å². The maximum atomic E-state index is 13.0. The number of rotatable bonds is 5. The van der Waals surface area contributed by atoms with Gasteiger partial charge in [-0.1, -0.05) is 23.7 Å². The minimum Gasteiger partial charge on any atom is -0.355 e. The van der Waals surface area contributed by atoms with Crippen LogP contribution in [0.2, 0.25) is 5.02 Å². The van der Waals surface area contributed by atoms with Crippen LogP contribution < -0.4 is 15.8 Å². The van der Waals surface area contributed by atoms with Gasteiger partial charge in [0.25, 0.3) is 11.5 Å². The first-order valence-electron chi connectivity index (χ1n) is 9.23. The van der Waals surface area contributed by atoms with Crippen molar-refractivity contribution in [3.05, 3.63) is 81.2 Å². The lowest BCUT2D eigenvalue weighted by atomic mass is 10.2. The number of carbonyl (C=O) groups is 2. The molecule has 0 spiro atoms. The zero-order chi connectivity index (χ0) is 21.8. The maximum absolute atomic E-state index is 13.0. The van der Waals surface area contributed by atoms with Crippen LogP contribution in [0.3, 0.4) is 0 Å². The van der Waals surface area contributed by atoms with Crippen LogP contribution in [0.1, 0.15) is 15.9 Å². The highest BCUT2D eigenvalue weighted by atomic mass is 35.5. The zero-order valence-corrected chi connectivity index (χ0v) is 17.6. The molecule has 0 radical (unpaired) electrons. The smallest absolute Gasteiger partial charge is 0.267 e. The summed E-state index contributed by atoms with van der Waals surface area (Å²) in [6, 6.07) is 14.2. The number of likely N-dealkylation sites (N-methyl/N-ethyl adjacent to an activating group) is 1. The first-order chi connectivity index (χ1) is 14.3. The van der Waals surface area contributed by atoms with Crippen molar-refractivity contribution >= 4 is 29.1 Å². The molecule has 8 heteroatoms. The summed E-state index contributed by atoms with van der Waals surface area (Å²) >= 11 is 5.96. The van der Waals surface area contributed by atoms with E-state index < -0.39 is 11.5 Å². The number of halogens is 1. The third kappa shape index (κ3) is 4.41. The van der Waals surface area contributed by atoms with Gasteiger partial charge in [0, 0.05) is 36.6 Å². The number of aromatic nitrogens is 2. The number of amides is 2. The minimum absolute atomic E-state index is 0.138. The van der Waals surface area contributed by atoms with Crippen LogP contribution in [-0.4, -0.2) is 35.5 Å². The van der Waals surface area contributed by atoms with Crippen LogP contribution in [0.25, 0.3) is 11.4 Å². The lowest BCUT2D eigenvalue weighted by molar-refractivity contribution is -0.118. The number of nitrogens with one attached hydrogen (secondary N) is 1. The second kappa shape index (κ2) is 8.92. The fraction of sp³-hybridized carbons (Fsp3) is 0.182. The second-order valence-electron chi connectivity index (χ2n) is 6.76. The molecule has 3 rings (SSSR count). The molecule has 0 aliphatic heterocycles.